The fraction of sp³-hybridized carbons (Fsp3) is 0.529. The maximum Gasteiger partial charge on any atom is 0.251 e. The first-order valence-electron chi connectivity index (χ1n) is 8.50. The lowest BCUT2D eigenvalue weighted by Crippen LogP contribution is -2.43. The van der Waals surface area contributed by atoms with E-state index in [4.69, 9.17) is 4.74 Å². The van der Waals surface area contributed by atoms with Crippen LogP contribution in [-0.4, -0.2) is 57.5 Å². The molecule has 2 amide bonds. The maximum atomic E-state index is 12.5. The molecule has 0 aromatic heterocycles. The lowest BCUT2D eigenvalue weighted by Gasteiger charge is -2.35. The number of aliphatic hydroxyl groups excluding tert-OH is 1. The van der Waals surface area contributed by atoms with Crippen LogP contribution in [0.15, 0.2) is 24.3 Å². The largest absolute Gasteiger partial charge is 0.396 e. The van der Waals surface area contributed by atoms with Gasteiger partial charge < -0.3 is 15.2 Å². The highest BCUT2D eigenvalue weighted by Crippen LogP contribution is 2.29. The van der Waals surface area contributed by atoms with Crippen molar-refractivity contribution in [1.82, 2.24) is 5.32 Å². The third-order valence-electron chi connectivity index (χ3n) is 4.93. The van der Waals surface area contributed by atoms with Gasteiger partial charge in [0.25, 0.3) is 5.91 Å². The second-order valence-corrected chi connectivity index (χ2v) is 8.66. The summed E-state index contributed by atoms with van der Waals surface area (Å²) in [6, 6.07) is 5.99. The zero-order valence-electron chi connectivity index (χ0n) is 14.3. The molecular formula is C17H22N2O6S. The SMILES string of the molecule is O=C(NCC1(CO)CCOCC1)c1cccc(N2C(=O)CCS2(=O)=O)c1. The molecular weight excluding hydrogens is 360 g/mol. The van der Waals surface area contributed by atoms with Gasteiger partial charge in [-0.3, -0.25) is 9.59 Å². The average Bonchev–Trinajstić information content (AvgIpc) is 2.93. The van der Waals surface area contributed by atoms with E-state index in [-0.39, 0.29) is 35.9 Å². The average molecular weight is 382 g/mol. The molecule has 2 heterocycles. The van der Waals surface area contributed by atoms with Gasteiger partial charge >= 0.3 is 0 Å². The summed E-state index contributed by atoms with van der Waals surface area (Å²) in [5.41, 5.74) is 0.0281. The van der Waals surface area contributed by atoms with Crippen molar-refractivity contribution in [3.63, 3.8) is 0 Å². The van der Waals surface area contributed by atoms with Crippen molar-refractivity contribution >= 4 is 27.5 Å². The summed E-state index contributed by atoms with van der Waals surface area (Å²) in [7, 11) is -3.67. The number of aliphatic hydroxyl groups is 1. The number of nitrogens with one attached hydrogen (secondary N) is 1. The highest BCUT2D eigenvalue weighted by molar-refractivity contribution is 7.94. The Morgan fingerprint density at radius 1 is 1.31 bits per heavy atom. The fourth-order valence-corrected chi connectivity index (χ4v) is 4.66. The zero-order valence-corrected chi connectivity index (χ0v) is 15.1. The Balaban J connectivity index is 1.73. The van der Waals surface area contributed by atoms with Crippen LogP contribution in [0, 0.1) is 5.41 Å². The van der Waals surface area contributed by atoms with Crippen LogP contribution in [0.4, 0.5) is 5.69 Å². The third-order valence-corrected chi connectivity index (χ3v) is 6.63. The summed E-state index contributed by atoms with van der Waals surface area (Å²) in [4.78, 5) is 24.4. The first-order valence-corrected chi connectivity index (χ1v) is 10.1. The van der Waals surface area contributed by atoms with Crippen molar-refractivity contribution in [3.05, 3.63) is 29.8 Å². The topological polar surface area (TPSA) is 113 Å². The van der Waals surface area contributed by atoms with Crippen molar-refractivity contribution in [2.45, 2.75) is 19.3 Å². The van der Waals surface area contributed by atoms with E-state index in [0.29, 0.717) is 32.6 Å². The standard InChI is InChI=1S/C17H22N2O6S/c20-12-17(5-7-25-8-6-17)11-18-16(22)13-2-1-3-14(10-13)19-15(21)4-9-26(19,23)24/h1-3,10,20H,4-9,11-12H2,(H,18,22). The number of hydrogen-bond acceptors (Lipinski definition) is 6. The highest BCUT2D eigenvalue weighted by Gasteiger charge is 2.36. The van der Waals surface area contributed by atoms with Gasteiger partial charge in [-0.15, -0.1) is 0 Å². The molecule has 2 aliphatic rings. The predicted molar refractivity (Wildman–Crippen MR) is 94.2 cm³/mol. The van der Waals surface area contributed by atoms with E-state index < -0.39 is 21.3 Å². The summed E-state index contributed by atoms with van der Waals surface area (Å²) in [5.74, 6) is -1.09. The van der Waals surface area contributed by atoms with Gasteiger partial charge in [0.15, 0.2) is 0 Å². The summed E-state index contributed by atoms with van der Waals surface area (Å²) in [6.45, 7) is 1.34. The number of nitrogens with zero attached hydrogens (tertiary/aromatic N) is 1. The number of benzene rings is 1. The van der Waals surface area contributed by atoms with E-state index in [0.717, 1.165) is 4.31 Å². The van der Waals surface area contributed by atoms with Crippen LogP contribution in [0.2, 0.25) is 0 Å². The molecule has 26 heavy (non-hydrogen) atoms. The molecule has 8 nitrogen and oxygen atoms in total. The van der Waals surface area contributed by atoms with Gasteiger partial charge in [-0.1, -0.05) is 6.07 Å². The van der Waals surface area contributed by atoms with Crippen LogP contribution in [0.25, 0.3) is 0 Å². The van der Waals surface area contributed by atoms with Crippen LogP contribution < -0.4 is 9.62 Å². The molecule has 0 saturated carbocycles. The molecule has 1 aromatic rings. The smallest absolute Gasteiger partial charge is 0.251 e. The number of sulfonamides is 1. The molecule has 0 bridgehead atoms. The van der Waals surface area contributed by atoms with Crippen LogP contribution in [0.3, 0.4) is 0 Å². The van der Waals surface area contributed by atoms with Gasteiger partial charge in [0.2, 0.25) is 15.9 Å². The molecule has 3 rings (SSSR count). The van der Waals surface area contributed by atoms with Gasteiger partial charge in [0.1, 0.15) is 0 Å². The Bertz CT molecular complexity index is 801. The number of carbonyl (C=O) groups excluding carboxylic acids is 2. The number of hydrogen-bond donors (Lipinski definition) is 2. The van der Waals surface area contributed by atoms with E-state index in [2.05, 4.69) is 5.32 Å². The van der Waals surface area contributed by atoms with Crippen molar-refractivity contribution in [2.24, 2.45) is 5.41 Å². The third kappa shape index (κ3) is 3.74. The molecule has 0 aliphatic carbocycles. The quantitative estimate of drug-likeness (QED) is 0.756. The molecule has 2 aliphatic heterocycles. The Morgan fingerprint density at radius 2 is 2.04 bits per heavy atom. The molecule has 1 aromatic carbocycles. The van der Waals surface area contributed by atoms with Crippen molar-refractivity contribution in [3.8, 4) is 0 Å². The van der Waals surface area contributed by atoms with E-state index in [1.807, 2.05) is 0 Å². The summed E-state index contributed by atoms with van der Waals surface area (Å²) < 4.78 is 30.1. The maximum absolute atomic E-state index is 12.5. The highest BCUT2D eigenvalue weighted by atomic mass is 32.2. The predicted octanol–water partition coefficient (Wildman–Crippen LogP) is 0.272. The Kier molecular flexibility index (Phi) is 5.31. The Labute approximate surface area is 152 Å². The molecule has 142 valence electrons. The van der Waals surface area contributed by atoms with Gasteiger partial charge in [-0.25, -0.2) is 12.7 Å². The first-order chi connectivity index (χ1) is 12.4. The molecule has 9 heteroatoms. The monoisotopic (exact) mass is 382 g/mol. The fourth-order valence-electron chi connectivity index (χ4n) is 3.21. The first kappa shape index (κ1) is 18.8. The van der Waals surface area contributed by atoms with Gasteiger partial charge in [-0.2, -0.15) is 0 Å². The normalized spacial score (nSPS) is 21.6. The molecule has 2 fully saturated rings. The van der Waals surface area contributed by atoms with Gasteiger partial charge in [0, 0.05) is 37.2 Å². The minimum absolute atomic E-state index is 0.0444. The van der Waals surface area contributed by atoms with Crippen molar-refractivity contribution in [1.29, 1.82) is 0 Å². The minimum atomic E-state index is -3.67. The van der Waals surface area contributed by atoms with E-state index in [1.165, 1.54) is 12.1 Å². The molecule has 2 saturated heterocycles. The molecule has 0 radical (unpaired) electrons. The van der Waals surface area contributed by atoms with E-state index in [1.54, 1.807) is 12.1 Å². The van der Waals surface area contributed by atoms with Crippen molar-refractivity contribution < 1.29 is 27.9 Å². The number of ether oxygens (including phenoxy) is 1. The minimum Gasteiger partial charge on any atom is -0.396 e. The number of carbonyl (C=O) groups is 2. The van der Waals surface area contributed by atoms with Crippen molar-refractivity contribution in [2.75, 3.05) is 36.4 Å². The van der Waals surface area contributed by atoms with Gasteiger partial charge in [-0.05, 0) is 31.0 Å². The summed E-state index contributed by atoms with van der Waals surface area (Å²) >= 11 is 0. The Hall–Kier alpha value is -1.97. The van der Waals surface area contributed by atoms with E-state index >= 15 is 0 Å². The van der Waals surface area contributed by atoms with Crippen LogP contribution in [-0.2, 0) is 19.6 Å². The molecule has 0 atom stereocenters. The molecule has 0 unspecified atom stereocenters. The Morgan fingerprint density at radius 3 is 2.65 bits per heavy atom. The second-order valence-electron chi connectivity index (χ2n) is 6.73. The number of anilines is 1. The second kappa shape index (κ2) is 7.34. The number of rotatable bonds is 5. The molecule has 0 spiro atoms. The van der Waals surface area contributed by atoms with Crippen LogP contribution >= 0.6 is 0 Å². The lowest BCUT2D eigenvalue weighted by molar-refractivity contribution is -0.116. The van der Waals surface area contributed by atoms with Crippen LogP contribution in [0.5, 0.6) is 0 Å². The lowest BCUT2D eigenvalue weighted by atomic mass is 9.81. The molecule has 2 N–H and O–H groups in total. The number of amides is 2. The summed E-state index contributed by atoms with van der Waals surface area (Å²) in [5, 5.41) is 12.5. The van der Waals surface area contributed by atoms with Crippen LogP contribution in [0.1, 0.15) is 29.6 Å². The summed E-state index contributed by atoms with van der Waals surface area (Å²) in [6.07, 6.45) is 1.26. The van der Waals surface area contributed by atoms with E-state index in [9.17, 15) is 23.1 Å². The van der Waals surface area contributed by atoms with Gasteiger partial charge in [0.05, 0.1) is 18.0 Å². The zero-order chi connectivity index (χ0) is 18.8.